The Morgan fingerprint density at radius 2 is 0.659 bits per heavy atom. The Morgan fingerprint density at radius 3 is 0.886 bits per heavy atom. The minimum absolute atomic E-state index is 0.160. The zero-order valence-corrected chi connectivity index (χ0v) is 29.3. The van der Waals surface area contributed by atoms with Gasteiger partial charge in [0, 0.05) is 112 Å². The highest BCUT2D eigenvalue weighted by molar-refractivity contribution is 7.99. The van der Waals surface area contributed by atoms with Gasteiger partial charge in [0.25, 0.3) is 0 Å². The molecule has 0 saturated heterocycles. The number of rotatable bonds is 33. The first-order valence-corrected chi connectivity index (χ1v) is 19.2. The number of allylic oxidation sites excluding steroid dienone is 3. The average molecular weight is 667 g/mol. The van der Waals surface area contributed by atoms with Gasteiger partial charge < -0.3 is 0 Å². The first-order valence-electron chi connectivity index (χ1n) is 15.7. The number of carbonyl (C=O) groups excluding carboxylic acids is 6. The highest BCUT2D eigenvalue weighted by Gasteiger charge is 2.27. The van der Waals surface area contributed by atoms with Gasteiger partial charge in [-0.25, -0.2) is 0 Å². The molecule has 0 atom stereocenters. The molecular formula is C35H54O6S3. The third-order valence-electron chi connectivity index (χ3n) is 7.29. The van der Waals surface area contributed by atoms with Crippen LogP contribution in [0.15, 0.2) is 38.0 Å². The van der Waals surface area contributed by atoms with Crippen molar-refractivity contribution in [2.24, 2.45) is 5.41 Å². The van der Waals surface area contributed by atoms with Crippen LogP contribution in [-0.2, 0) is 28.8 Å². The van der Waals surface area contributed by atoms with Crippen molar-refractivity contribution in [2.45, 2.75) is 103 Å². The van der Waals surface area contributed by atoms with Crippen LogP contribution in [0.4, 0.5) is 0 Å². The summed E-state index contributed by atoms with van der Waals surface area (Å²) in [5.41, 5.74) is -0.292. The zero-order chi connectivity index (χ0) is 33.1. The van der Waals surface area contributed by atoms with E-state index in [0.717, 1.165) is 0 Å². The number of Topliss-reactive ketones (excluding diaryl/α,β-unsaturated/α-hetero) is 6. The fourth-order valence-corrected chi connectivity index (χ4v) is 7.13. The molecular weight excluding hydrogens is 613 g/mol. The van der Waals surface area contributed by atoms with Crippen LogP contribution in [0.5, 0.6) is 0 Å². The smallest absolute Gasteiger partial charge is 0.137 e. The molecule has 0 fully saturated rings. The molecule has 0 aromatic heterocycles. The Bertz CT molecular complexity index is 826. The van der Waals surface area contributed by atoms with E-state index in [1.54, 1.807) is 53.5 Å². The highest BCUT2D eigenvalue weighted by atomic mass is 32.2. The Labute approximate surface area is 278 Å². The Hall–Kier alpha value is -1.71. The molecule has 6 nitrogen and oxygen atoms in total. The van der Waals surface area contributed by atoms with E-state index in [1.807, 2.05) is 0 Å². The van der Waals surface area contributed by atoms with Gasteiger partial charge in [0.15, 0.2) is 0 Å². The number of ketones is 6. The van der Waals surface area contributed by atoms with E-state index in [1.165, 1.54) is 0 Å². The van der Waals surface area contributed by atoms with E-state index in [4.69, 9.17) is 0 Å². The second kappa shape index (κ2) is 27.6. The molecule has 0 aromatic carbocycles. The highest BCUT2D eigenvalue weighted by Crippen LogP contribution is 2.35. The molecule has 0 rings (SSSR count). The van der Waals surface area contributed by atoms with Crippen LogP contribution in [0.1, 0.15) is 103 Å². The summed E-state index contributed by atoms with van der Waals surface area (Å²) in [4.78, 5) is 72.8. The number of thioether (sulfide) groups is 3. The van der Waals surface area contributed by atoms with Gasteiger partial charge in [-0.3, -0.25) is 28.8 Å². The van der Waals surface area contributed by atoms with E-state index in [-0.39, 0.29) is 40.1 Å². The topological polar surface area (TPSA) is 102 Å². The van der Waals surface area contributed by atoms with Crippen molar-refractivity contribution in [3.05, 3.63) is 38.0 Å². The van der Waals surface area contributed by atoms with Crippen molar-refractivity contribution in [3.8, 4) is 0 Å². The van der Waals surface area contributed by atoms with Gasteiger partial charge in [-0.1, -0.05) is 25.2 Å². The minimum Gasteiger partial charge on any atom is -0.300 e. The van der Waals surface area contributed by atoms with Gasteiger partial charge in [0.1, 0.15) is 34.7 Å². The van der Waals surface area contributed by atoms with Gasteiger partial charge >= 0.3 is 0 Å². The summed E-state index contributed by atoms with van der Waals surface area (Å²) in [6.07, 6.45) is 11.9. The molecule has 0 spiro atoms. The summed E-state index contributed by atoms with van der Waals surface area (Å²) in [5.74, 6) is 5.15. The molecule has 0 N–H and O–H groups in total. The van der Waals surface area contributed by atoms with Gasteiger partial charge in [-0.15, -0.1) is 19.7 Å². The largest absolute Gasteiger partial charge is 0.300 e. The maximum absolute atomic E-state index is 12.7. The molecule has 0 radical (unpaired) electrons. The molecule has 0 unspecified atom stereocenters. The Morgan fingerprint density at radius 1 is 0.432 bits per heavy atom. The lowest BCUT2D eigenvalue weighted by atomic mass is 9.75. The normalized spacial score (nSPS) is 11.1. The SMILES string of the molecule is C=CCC(=O)CCSCCC(=O)CCC(C)(CCC(=O)CCSCCC(=O)CC=C)CCC(=O)CCSCCC(=O)CC=C. The molecule has 248 valence electrons. The lowest BCUT2D eigenvalue weighted by Crippen LogP contribution is -2.21. The predicted octanol–water partition coefficient (Wildman–Crippen LogP) is 8.02. The summed E-state index contributed by atoms with van der Waals surface area (Å²) >= 11 is 4.84. The van der Waals surface area contributed by atoms with Crippen LogP contribution in [0.3, 0.4) is 0 Å². The quantitative estimate of drug-likeness (QED) is 0.0509. The van der Waals surface area contributed by atoms with Crippen molar-refractivity contribution in [1.29, 1.82) is 0 Å². The third kappa shape index (κ3) is 25.6. The minimum atomic E-state index is -0.292. The summed E-state index contributed by atoms with van der Waals surface area (Å²) in [7, 11) is 0. The van der Waals surface area contributed by atoms with E-state index >= 15 is 0 Å². The van der Waals surface area contributed by atoms with E-state index in [0.29, 0.717) is 131 Å². The Balaban J connectivity index is 4.71. The van der Waals surface area contributed by atoms with Crippen LogP contribution in [0.25, 0.3) is 0 Å². The van der Waals surface area contributed by atoms with E-state index in [2.05, 4.69) is 26.7 Å². The summed E-state index contributed by atoms with van der Waals surface area (Å²) in [6, 6.07) is 0. The molecule has 0 heterocycles. The van der Waals surface area contributed by atoms with Crippen LogP contribution < -0.4 is 0 Å². The summed E-state index contributed by atoms with van der Waals surface area (Å²) < 4.78 is 0. The molecule has 0 bridgehead atoms. The van der Waals surface area contributed by atoms with Crippen molar-refractivity contribution < 1.29 is 28.8 Å². The maximum atomic E-state index is 12.7. The standard InChI is InChI=1S/C35H54O6S3/c1-5-8-29(36)14-23-42-26-17-32(39)11-20-35(4,21-12-33(40)18-27-43-24-15-30(37)9-6-2)22-13-34(41)19-28-44-25-16-31(38)10-7-3/h5-7H,1-3,8-28H2,4H3. The van der Waals surface area contributed by atoms with Gasteiger partial charge in [-0.05, 0) is 24.7 Å². The number of carbonyl (C=O) groups is 6. The first kappa shape index (κ1) is 42.3. The van der Waals surface area contributed by atoms with Gasteiger partial charge in [-0.2, -0.15) is 35.3 Å². The second-order valence-electron chi connectivity index (χ2n) is 11.4. The fraction of sp³-hybridized carbons (Fsp3) is 0.657. The predicted molar refractivity (Wildman–Crippen MR) is 190 cm³/mol. The Kier molecular flexibility index (Phi) is 26.5. The van der Waals surface area contributed by atoms with Gasteiger partial charge in [0.2, 0.25) is 0 Å². The molecule has 9 heteroatoms. The van der Waals surface area contributed by atoms with E-state index in [9.17, 15) is 28.8 Å². The second-order valence-corrected chi connectivity index (χ2v) is 15.0. The zero-order valence-electron chi connectivity index (χ0n) is 26.9. The number of hydrogen-bond donors (Lipinski definition) is 0. The summed E-state index contributed by atoms with van der Waals surface area (Å²) in [5, 5.41) is 0. The van der Waals surface area contributed by atoms with Crippen LogP contribution in [-0.4, -0.2) is 69.2 Å². The van der Waals surface area contributed by atoms with Crippen LogP contribution in [0, 0.1) is 5.41 Å². The maximum Gasteiger partial charge on any atom is 0.137 e. The summed E-state index contributed by atoms with van der Waals surface area (Å²) in [6.45, 7) is 12.8. The fourth-order valence-electron chi connectivity index (χ4n) is 4.28. The van der Waals surface area contributed by atoms with Crippen LogP contribution in [0.2, 0.25) is 0 Å². The lowest BCUT2D eigenvalue weighted by molar-refractivity contribution is -0.120. The van der Waals surface area contributed by atoms with Crippen molar-refractivity contribution >= 4 is 70.0 Å². The number of hydrogen-bond acceptors (Lipinski definition) is 9. The van der Waals surface area contributed by atoms with Crippen LogP contribution >= 0.6 is 35.3 Å². The van der Waals surface area contributed by atoms with Crippen molar-refractivity contribution in [2.75, 3.05) is 34.5 Å². The molecule has 0 saturated carbocycles. The molecule has 0 aliphatic rings. The van der Waals surface area contributed by atoms with Gasteiger partial charge in [0.05, 0.1) is 0 Å². The third-order valence-corrected chi connectivity index (χ3v) is 10.2. The van der Waals surface area contributed by atoms with Crippen molar-refractivity contribution in [3.63, 3.8) is 0 Å². The monoisotopic (exact) mass is 666 g/mol. The molecule has 0 aliphatic carbocycles. The molecule has 0 amide bonds. The molecule has 44 heavy (non-hydrogen) atoms. The van der Waals surface area contributed by atoms with Crippen molar-refractivity contribution in [1.82, 2.24) is 0 Å². The first-order chi connectivity index (χ1) is 21.0. The average Bonchev–Trinajstić information content (AvgIpc) is 2.98. The lowest BCUT2D eigenvalue weighted by Gasteiger charge is -2.29. The molecule has 0 aliphatic heterocycles. The molecule has 0 aromatic rings. The van der Waals surface area contributed by atoms with E-state index < -0.39 is 0 Å².